The predicted octanol–water partition coefficient (Wildman–Crippen LogP) is 2.90. The number of hydrogen-bond donors (Lipinski definition) is 1. The van der Waals surface area contributed by atoms with Gasteiger partial charge in [-0.2, -0.15) is 11.8 Å². The molecule has 6 heteroatoms. The Morgan fingerprint density at radius 2 is 1.93 bits per heavy atom. The molecule has 1 heterocycles. The molecule has 0 aliphatic carbocycles. The highest BCUT2D eigenvalue weighted by Crippen LogP contribution is 2.39. The van der Waals surface area contributed by atoms with Gasteiger partial charge in [-0.05, 0) is 33.8 Å². The summed E-state index contributed by atoms with van der Waals surface area (Å²) in [5, 5.41) is 2.09. The monoisotopic (exact) mass is 310 g/mol. The minimum atomic E-state index is -0.210. The van der Waals surface area contributed by atoms with Gasteiger partial charge in [0.2, 0.25) is 0 Å². The van der Waals surface area contributed by atoms with E-state index in [2.05, 4.69) is 37.3 Å². The Balaban J connectivity index is 0.000000791. The second-order valence-corrected chi connectivity index (χ2v) is 4.27. The third-order valence-electron chi connectivity index (χ3n) is 1.71. The van der Waals surface area contributed by atoms with E-state index in [0.29, 0.717) is 0 Å². The van der Waals surface area contributed by atoms with E-state index in [-0.39, 0.29) is 6.29 Å². The first kappa shape index (κ1) is 15.3. The van der Waals surface area contributed by atoms with Gasteiger partial charge < -0.3 is 9.47 Å². The Morgan fingerprint density at radius 1 is 1.43 bits per heavy atom. The fraction of sp³-hybridized carbons (Fsp3) is 0.500. The lowest BCUT2D eigenvalue weighted by Gasteiger charge is -2.15. The van der Waals surface area contributed by atoms with Crippen molar-refractivity contribution in [1.29, 1.82) is 0 Å². The number of halogens is 2. The summed E-state index contributed by atoms with van der Waals surface area (Å²) in [6.45, 7) is 2.06. The van der Waals surface area contributed by atoms with Gasteiger partial charge in [0, 0.05) is 23.6 Å². The maximum atomic E-state index is 5.16. The van der Waals surface area contributed by atoms with Crippen LogP contribution in [-0.4, -0.2) is 41.1 Å². The van der Waals surface area contributed by atoms with E-state index in [1.165, 1.54) is 31.1 Å². The molecule has 1 aliphatic heterocycles. The summed E-state index contributed by atoms with van der Waals surface area (Å²) in [5.74, 6) is 0. The van der Waals surface area contributed by atoms with Gasteiger partial charge in [-0.25, -0.2) is 0 Å². The van der Waals surface area contributed by atoms with Crippen molar-refractivity contribution >= 4 is 57.4 Å². The largest absolute Gasteiger partial charge is 1.59 e. The molecule has 76 valence electrons. The molecule has 0 fully saturated rings. The van der Waals surface area contributed by atoms with E-state index < -0.39 is 0 Å². The molecule has 1 rings (SSSR count). The summed E-state index contributed by atoms with van der Waals surface area (Å²) < 4.78 is 11.5. The van der Waals surface area contributed by atoms with Crippen molar-refractivity contribution in [1.82, 2.24) is 0 Å². The number of hydrogen-bond acceptors (Lipinski definition) is 2. The summed E-state index contributed by atoms with van der Waals surface area (Å²) >= 11 is 5.95. The highest BCUT2D eigenvalue weighted by molar-refractivity contribution is 9.12. The van der Waals surface area contributed by atoms with E-state index >= 15 is 0 Å². The van der Waals surface area contributed by atoms with Gasteiger partial charge in [0.1, 0.15) is 0 Å². The maximum absolute atomic E-state index is 5.16. The number of allylic oxidation sites excluding steroid dienone is 2. The number of methoxy groups -OCH3 is 2. The van der Waals surface area contributed by atoms with Gasteiger partial charge in [0.25, 0.3) is 0 Å². The Hall–Kier alpha value is 1.29. The summed E-state index contributed by atoms with van der Waals surface area (Å²) in [7, 11) is 7.96. The average molecular weight is 312 g/mol. The zero-order valence-corrected chi connectivity index (χ0v) is 13.0. The molecule has 0 atom stereocenters. The quantitative estimate of drug-likeness (QED) is 0.491. The Bertz CT molecular complexity index is 241. The summed E-state index contributed by atoms with van der Waals surface area (Å²) in [6, 6.07) is 0. The molecular formula is C8H12BrClMgO2S+2. The van der Waals surface area contributed by atoms with Gasteiger partial charge in [0.05, 0.1) is 0 Å². The topological polar surface area (TPSA) is 18.5 Å². The first-order valence-corrected chi connectivity index (χ1v) is 7.70. The standard InChI is InChI=1S/C8H12BrO2S.ClH.Mg/c1-5-6(9)4-12-7(5)8(10-2)11-3;;/h4,8,12H,1-3H3;1H;/q;;+3/p-1. The van der Waals surface area contributed by atoms with Gasteiger partial charge in [0.15, 0.2) is 6.29 Å². The highest BCUT2D eigenvalue weighted by Gasteiger charge is 2.19. The minimum absolute atomic E-state index is 0.210. The van der Waals surface area contributed by atoms with Crippen LogP contribution in [-0.2, 0) is 9.47 Å². The zero-order valence-electron chi connectivity index (χ0n) is 8.38. The van der Waals surface area contributed by atoms with Crippen molar-refractivity contribution in [2.45, 2.75) is 13.2 Å². The number of ether oxygens (including phenoxy) is 2. The van der Waals surface area contributed by atoms with Crippen LogP contribution in [0, 0.1) is 0 Å². The second-order valence-electron chi connectivity index (χ2n) is 2.42. The Kier molecular flexibility index (Phi) is 9.21. The van der Waals surface area contributed by atoms with Gasteiger partial charge >= 0.3 is 29.7 Å². The molecule has 0 aromatic heterocycles. The molecule has 2 nitrogen and oxygen atoms in total. The lowest BCUT2D eigenvalue weighted by Crippen LogP contribution is -2.14. The van der Waals surface area contributed by atoms with Crippen LogP contribution in [0.1, 0.15) is 6.92 Å². The summed E-state index contributed by atoms with van der Waals surface area (Å²) in [5.41, 5.74) is 1.21. The fourth-order valence-corrected chi connectivity index (χ4v) is 2.77. The molecular weight excluding hydrogens is 300 g/mol. The molecule has 8 radical (unpaired) electrons. The smallest absolute Gasteiger partial charge is 0.351 e. The lowest BCUT2D eigenvalue weighted by molar-refractivity contribution is -0.0695. The molecule has 0 saturated carbocycles. The molecule has 0 spiro atoms. The van der Waals surface area contributed by atoms with E-state index in [4.69, 9.17) is 9.47 Å². The first-order chi connectivity index (χ1) is 6.70. The van der Waals surface area contributed by atoms with Crippen molar-refractivity contribution < 1.29 is 9.47 Å². The lowest BCUT2D eigenvalue weighted by atomic mass is 10.3. The maximum Gasteiger partial charge on any atom is 1.59 e. The summed E-state index contributed by atoms with van der Waals surface area (Å²) in [6.07, 6.45) is -0.210. The van der Waals surface area contributed by atoms with Crippen molar-refractivity contribution in [2.24, 2.45) is 0 Å². The SMILES string of the molecule is COC(OC)C1=C(C)C(Br)=C[SH]1.[Mg+2][Cl]. The van der Waals surface area contributed by atoms with Crippen molar-refractivity contribution in [3.63, 3.8) is 0 Å². The van der Waals surface area contributed by atoms with Gasteiger partial charge in [-0.3, -0.25) is 0 Å². The molecule has 0 bridgehead atoms. The molecule has 0 amide bonds. The van der Waals surface area contributed by atoms with Crippen LogP contribution in [0.5, 0.6) is 0 Å². The van der Waals surface area contributed by atoms with Gasteiger partial charge in [-0.15, -0.1) is 0 Å². The fourth-order valence-electron chi connectivity index (χ4n) is 0.999. The Morgan fingerprint density at radius 3 is 2.21 bits per heavy atom. The normalized spacial score (nSPS) is 15.5. The molecule has 0 aromatic rings. The van der Waals surface area contributed by atoms with E-state index in [1.54, 1.807) is 14.2 Å². The highest BCUT2D eigenvalue weighted by atomic mass is 79.9. The number of thiol groups is 1. The first-order valence-electron chi connectivity index (χ1n) is 3.80. The predicted molar refractivity (Wildman–Crippen MR) is 68.1 cm³/mol. The zero-order chi connectivity index (χ0) is 11.1. The van der Waals surface area contributed by atoms with Crippen molar-refractivity contribution in [3.05, 3.63) is 20.4 Å². The molecule has 0 saturated heterocycles. The van der Waals surface area contributed by atoms with Crippen LogP contribution in [0.15, 0.2) is 20.4 Å². The van der Waals surface area contributed by atoms with Crippen LogP contribution in [0.3, 0.4) is 0 Å². The minimum Gasteiger partial charge on any atom is -0.351 e. The third kappa shape index (κ3) is 4.04. The molecule has 1 aliphatic rings. The van der Waals surface area contributed by atoms with Crippen LogP contribution >= 0.6 is 36.8 Å². The van der Waals surface area contributed by atoms with Crippen molar-refractivity contribution in [3.8, 4) is 0 Å². The molecule has 0 unspecified atom stereocenters. The third-order valence-corrected chi connectivity index (χ3v) is 4.10. The number of rotatable bonds is 3. The van der Waals surface area contributed by atoms with Gasteiger partial charge in [-0.1, -0.05) is 0 Å². The van der Waals surface area contributed by atoms with Crippen LogP contribution in [0.25, 0.3) is 0 Å². The molecule has 0 N–H and O–H groups in total. The van der Waals surface area contributed by atoms with Crippen LogP contribution in [0.4, 0.5) is 0 Å². The van der Waals surface area contributed by atoms with E-state index in [9.17, 15) is 0 Å². The average Bonchev–Trinajstić information content (AvgIpc) is 2.55. The van der Waals surface area contributed by atoms with Crippen LogP contribution < -0.4 is 0 Å². The van der Waals surface area contributed by atoms with Crippen molar-refractivity contribution in [2.75, 3.05) is 14.2 Å². The van der Waals surface area contributed by atoms with E-state index in [0.717, 1.165) is 16.2 Å². The summed E-state index contributed by atoms with van der Waals surface area (Å²) in [4.78, 5) is 1.17. The van der Waals surface area contributed by atoms with E-state index in [1.807, 2.05) is 0 Å². The second kappa shape index (κ2) is 8.44. The van der Waals surface area contributed by atoms with Crippen LogP contribution in [0.2, 0.25) is 0 Å². The molecule has 0 aromatic carbocycles. The molecule has 14 heavy (non-hydrogen) atoms. The Labute approximate surface area is 114 Å².